The topological polar surface area (TPSA) is 149 Å². The van der Waals surface area contributed by atoms with Crippen LogP contribution in [0.2, 0.25) is 0 Å². The summed E-state index contributed by atoms with van der Waals surface area (Å²) < 4.78 is 11.3. The Morgan fingerprint density at radius 3 is 1.33 bits per heavy atom. The van der Waals surface area contributed by atoms with Crippen LogP contribution in [0.3, 0.4) is 0 Å². The quantitative estimate of drug-likeness (QED) is 0.0261. The second kappa shape index (κ2) is 47.4. The molecule has 6 N–H and O–H groups in total. The van der Waals surface area contributed by atoms with Crippen molar-refractivity contribution in [2.24, 2.45) is 0 Å². The van der Waals surface area contributed by atoms with Crippen LogP contribution in [0.15, 0.2) is 24.3 Å². The summed E-state index contributed by atoms with van der Waals surface area (Å²) in [6, 6.07) is -0.720. The summed E-state index contributed by atoms with van der Waals surface area (Å²) in [5.74, 6) is -0.145. The third-order valence-corrected chi connectivity index (χ3v) is 13.8. The number of carbonyl (C=O) groups excluding carboxylic acids is 1. The van der Waals surface area contributed by atoms with E-state index in [2.05, 4.69) is 43.5 Å². The minimum Gasteiger partial charge on any atom is -0.394 e. The number of rotatable bonds is 49. The molecule has 1 fully saturated rings. The first-order valence-electron chi connectivity index (χ1n) is 28.5. The monoisotopic (exact) mass is 936 g/mol. The van der Waals surface area contributed by atoms with Gasteiger partial charge >= 0.3 is 0 Å². The van der Waals surface area contributed by atoms with Gasteiger partial charge < -0.3 is 40.3 Å². The SMILES string of the molecule is CCCCC/C=C\C/C=C\CCCCCCCCCCCC(=O)NC(COC1OC(CO)C(O)C(O)C1O)C(O)CCCCCCCCCCCCCCCCCCCCCCCCCC. The summed E-state index contributed by atoms with van der Waals surface area (Å²) in [5, 5.41) is 54.7. The lowest BCUT2D eigenvalue weighted by Gasteiger charge is -2.40. The van der Waals surface area contributed by atoms with Crippen molar-refractivity contribution in [2.75, 3.05) is 13.2 Å². The lowest BCUT2D eigenvalue weighted by Crippen LogP contribution is -2.60. The molecule has 9 heteroatoms. The van der Waals surface area contributed by atoms with Gasteiger partial charge in [-0.3, -0.25) is 4.79 Å². The maximum atomic E-state index is 13.1. The summed E-state index contributed by atoms with van der Waals surface area (Å²) in [7, 11) is 0. The van der Waals surface area contributed by atoms with Gasteiger partial charge in [-0.05, 0) is 44.9 Å². The first-order valence-corrected chi connectivity index (χ1v) is 28.5. The van der Waals surface area contributed by atoms with Crippen molar-refractivity contribution in [2.45, 2.75) is 320 Å². The van der Waals surface area contributed by atoms with Crippen LogP contribution in [0.5, 0.6) is 0 Å². The molecule has 66 heavy (non-hydrogen) atoms. The molecule has 0 aliphatic carbocycles. The number of carbonyl (C=O) groups is 1. The van der Waals surface area contributed by atoms with E-state index >= 15 is 0 Å². The molecule has 0 bridgehead atoms. The average molecular weight is 936 g/mol. The first kappa shape index (κ1) is 62.7. The van der Waals surface area contributed by atoms with Crippen LogP contribution in [-0.4, -0.2) is 87.5 Å². The molecule has 0 aromatic rings. The summed E-state index contributed by atoms with van der Waals surface area (Å²) in [4.78, 5) is 13.1. The van der Waals surface area contributed by atoms with Gasteiger partial charge in [0.25, 0.3) is 0 Å². The summed E-state index contributed by atoms with van der Waals surface area (Å²) in [5.41, 5.74) is 0. The molecule has 1 heterocycles. The van der Waals surface area contributed by atoms with E-state index in [9.17, 15) is 30.3 Å². The molecule has 7 unspecified atom stereocenters. The number of nitrogens with one attached hydrogen (secondary N) is 1. The fraction of sp³-hybridized carbons (Fsp3) is 0.912. The number of ether oxygens (including phenoxy) is 2. The number of hydrogen-bond donors (Lipinski definition) is 6. The van der Waals surface area contributed by atoms with E-state index in [-0.39, 0.29) is 12.5 Å². The van der Waals surface area contributed by atoms with Gasteiger partial charge in [-0.1, -0.05) is 250 Å². The molecular formula is C57H109NO8. The van der Waals surface area contributed by atoms with Crippen molar-refractivity contribution in [3.8, 4) is 0 Å². The predicted octanol–water partition coefficient (Wildman–Crippen LogP) is 13.8. The summed E-state index contributed by atoms with van der Waals surface area (Å²) >= 11 is 0. The molecule has 0 aromatic heterocycles. The molecule has 0 radical (unpaired) electrons. The van der Waals surface area contributed by atoms with Crippen LogP contribution in [0.4, 0.5) is 0 Å². The van der Waals surface area contributed by atoms with Crippen LogP contribution in [0, 0.1) is 0 Å². The molecule has 1 rings (SSSR count). The molecule has 9 nitrogen and oxygen atoms in total. The van der Waals surface area contributed by atoms with Gasteiger partial charge in [0.2, 0.25) is 5.91 Å². The van der Waals surface area contributed by atoms with Gasteiger partial charge in [0.05, 0.1) is 25.4 Å². The zero-order chi connectivity index (χ0) is 48.0. The van der Waals surface area contributed by atoms with E-state index in [1.807, 2.05) is 0 Å². The van der Waals surface area contributed by atoms with Gasteiger partial charge in [-0.25, -0.2) is 0 Å². The van der Waals surface area contributed by atoms with E-state index in [0.717, 1.165) is 44.9 Å². The standard InChI is InChI=1S/C57H109NO8/c1-3-5-7-9-11-13-15-17-19-21-23-24-25-26-27-29-30-32-34-36-38-40-42-44-46-51(60)50(49-65-57-56(64)55(63)54(62)52(48-59)66-57)58-53(61)47-45-43-41-39-37-35-33-31-28-22-20-18-16-14-12-10-8-6-4-2/h12,14,18,20,50-52,54-57,59-60,62-64H,3-11,13,15-17,19,21-49H2,1-2H3,(H,58,61)/b14-12-,20-18-. The van der Waals surface area contributed by atoms with Crippen molar-refractivity contribution < 1.29 is 39.8 Å². The first-order chi connectivity index (χ1) is 32.3. The molecule has 7 atom stereocenters. The lowest BCUT2D eigenvalue weighted by atomic mass is 9.99. The minimum absolute atomic E-state index is 0.137. The number of unbranched alkanes of at least 4 members (excludes halogenated alkanes) is 35. The van der Waals surface area contributed by atoms with Gasteiger partial charge in [-0.2, -0.15) is 0 Å². The van der Waals surface area contributed by atoms with Crippen LogP contribution in [0.25, 0.3) is 0 Å². The molecule has 1 saturated heterocycles. The lowest BCUT2D eigenvalue weighted by molar-refractivity contribution is -0.302. The Labute approximate surface area is 407 Å². The van der Waals surface area contributed by atoms with E-state index in [1.54, 1.807) is 0 Å². The second-order valence-electron chi connectivity index (χ2n) is 20.1. The van der Waals surface area contributed by atoms with E-state index in [4.69, 9.17) is 9.47 Å². The maximum Gasteiger partial charge on any atom is 0.220 e. The van der Waals surface area contributed by atoms with E-state index in [1.165, 1.54) is 205 Å². The maximum absolute atomic E-state index is 13.1. The minimum atomic E-state index is -1.55. The molecular weight excluding hydrogens is 827 g/mol. The smallest absolute Gasteiger partial charge is 0.220 e. The Balaban J connectivity index is 2.21. The van der Waals surface area contributed by atoms with Crippen LogP contribution >= 0.6 is 0 Å². The third-order valence-electron chi connectivity index (χ3n) is 13.8. The van der Waals surface area contributed by atoms with Gasteiger partial charge in [-0.15, -0.1) is 0 Å². The largest absolute Gasteiger partial charge is 0.394 e. The van der Waals surface area contributed by atoms with Crippen molar-refractivity contribution in [1.29, 1.82) is 0 Å². The molecule has 1 amide bonds. The van der Waals surface area contributed by atoms with Gasteiger partial charge in [0.15, 0.2) is 6.29 Å². The van der Waals surface area contributed by atoms with Crippen molar-refractivity contribution in [3.05, 3.63) is 24.3 Å². The van der Waals surface area contributed by atoms with Crippen LogP contribution in [-0.2, 0) is 14.3 Å². The molecule has 1 aliphatic rings. The Morgan fingerprint density at radius 1 is 0.515 bits per heavy atom. The number of hydrogen-bond acceptors (Lipinski definition) is 8. The third kappa shape index (κ3) is 36.6. The Kier molecular flexibility index (Phi) is 45.0. The highest BCUT2D eigenvalue weighted by Crippen LogP contribution is 2.23. The van der Waals surface area contributed by atoms with Crippen LogP contribution < -0.4 is 5.32 Å². The Morgan fingerprint density at radius 2 is 0.894 bits per heavy atom. The van der Waals surface area contributed by atoms with Crippen molar-refractivity contribution in [1.82, 2.24) is 5.32 Å². The highest BCUT2D eigenvalue weighted by atomic mass is 16.7. The van der Waals surface area contributed by atoms with Gasteiger partial charge in [0, 0.05) is 6.42 Å². The second-order valence-corrected chi connectivity index (χ2v) is 20.1. The highest BCUT2D eigenvalue weighted by molar-refractivity contribution is 5.76. The normalized spacial score (nSPS) is 19.9. The molecule has 1 aliphatic heterocycles. The Hall–Kier alpha value is -1.33. The van der Waals surface area contributed by atoms with Gasteiger partial charge in [0.1, 0.15) is 24.4 Å². The highest BCUT2D eigenvalue weighted by Gasteiger charge is 2.44. The average Bonchev–Trinajstić information content (AvgIpc) is 3.32. The molecule has 0 spiro atoms. The van der Waals surface area contributed by atoms with E-state index < -0.39 is 49.5 Å². The zero-order valence-corrected chi connectivity index (χ0v) is 43.2. The fourth-order valence-corrected chi connectivity index (χ4v) is 9.25. The van der Waals surface area contributed by atoms with E-state index in [0.29, 0.717) is 12.8 Å². The molecule has 390 valence electrons. The predicted molar refractivity (Wildman–Crippen MR) is 277 cm³/mol. The number of allylic oxidation sites excluding steroid dienone is 4. The number of aliphatic hydroxyl groups is 5. The van der Waals surface area contributed by atoms with Crippen LogP contribution in [0.1, 0.15) is 277 Å². The molecule has 0 saturated carbocycles. The number of aliphatic hydroxyl groups excluding tert-OH is 5. The van der Waals surface area contributed by atoms with Crippen molar-refractivity contribution >= 4 is 5.91 Å². The zero-order valence-electron chi connectivity index (χ0n) is 43.2. The number of amides is 1. The summed E-state index contributed by atoms with van der Waals surface area (Å²) in [6.45, 7) is 3.84. The van der Waals surface area contributed by atoms with Crippen molar-refractivity contribution in [3.63, 3.8) is 0 Å². The Bertz CT molecular complexity index is 1090. The molecule has 0 aromatic carbocycles. The fourth-order valence-electron chi connectivity index (χ4n) is 9.25. The summed E-state index contributed by atoms with van der Waals surface area (Å²) in [6.07, 6.45) is 52.0.